The average molecular weight is 319 g/mol. The van der Waals surface area contributed by atoms with Crippen LogP contribution >= 0.6 is 0 Å². The Morgan fingerprint density at radius 2 is 2.17 bits per heavy atom. The van der Waals surface area contributed by atoms with Crippen molar-refractivity contribution in [3.63, 3.8) is 0 Å². The van der Waals surface area contributed by atoms with Gasteiger partial charge in [-0.05, 0) is 45.1 Å². The zero-order chi connectivity index (χ0) is 16.8. The number of carbonyl (C=O) groups excluding carboxylic acids is 1. The monoisotopic (exact) mass is 319 g/mol. The summed E-state index contributed by atoms with van der Waals surface area (Å²) in [4.78, 5) is 16.4. The molecule has 124 valence electrons. The maximum atomic E-state index is 13.6. The van der Waals surface area contributed by atoms with Gasteiger partial charge in [0.25, 0.3) is 5.91 Å². The topological polar surface area (TPSA) is 56.6 Å². The lowest BCUT2D eigenvalue weighted by Gasteiger charge is -2.27. The zero-order valence-electron chi connectivity index (χ0n) is 13.6. The van der Waals surface area contributed by atoms with Gasteiger partial charge in [-0.2, -0.15) is 5.26 Å². The van der Waals surface area contributed by atoms with Gasteiger partial charge in [0.1, 0.15) is 5.82 Å². The van der Waals surface area contributed by atoms with Gasteiger partial charge in [-0.25, -0.2) is 4.39 Å². The first-order valence-electron chi connectivity index (χ1n) is 7.76. The number of hydrogen-bond donors (Lipinski definition) is 0. The summed E-state index contributed by atoms with van der Waals surface area (Å²) in [5, 5.41) is 8.94. The Kier molecular flexibility index (Phi) is 6.08. The fraction of sp³-hybridized carbons (Fsp3) is 0.529. The van der Waals surface area contributed by atoms with Crippen LogP contribution in [-0.2, 0) is 4.74 Å². The van der Waals surface area contributed by atoms with Crippen LogP contribution in [0.15, 0.2) is 18.2 Å². The molecule has 6 heteroatoms. The number of rotatable bonds is 6. The molecule has 1 aliphatic heterocycles. The Labute approximate surface area is 136 Å². The molecule has 1 heterocycles. The Morgan fingerprint density at radius 3 is 2.78 bits per heavy atom. The highest BCUT2D eigenvalue weighted by atomic mass is 19.1. The van der Waals surface area contributed by atoms with Crippen molar-refractivity contribution in [1.82, 2.24) is 9.80 Å². The summed E-state index contributed by atoms with van der Waals surface area (Å²) in [5.74, 6) is -0.838. The Hall–Kier alpha value is -1.97. The second-order valence-corrected chi connectivity index (χ2v) is 6.03. The average Bonchev–Trinajstić information content (AvgIpc) is 3.02. The molecule has 0 bridgehead atoms. The van der Waals surface area contributed by atoms with Crippen molar-refractivity contribution in [1.29, 1.82) is 5.26 Å². The second-order valence-electron chi connectivity index (χ2n) is 6.03. The lowest BCUT2D eigenvalue weighted by atomic mass is 10.1. The normalized spacial score (nSPS) is 17.3. The fourth-order valence-corrected chi connectivity index (χ4v) is 2.59. The number of amides is 1. The van der Waals surface area contributed by atoms with Gasteiger partial charge in [-0.3, -0.25) is 4.79 Å². The highest BCUT2D eigenvalue weighted by Gasteiger charge is 2.24. The van der Waals surface area contributed by atoms with E-state index in [1.54, 1.807) is 4.90 Å². The SMILES string of the molecule is CN(C)CCN(C[C@H]1CCCO1)C(=O)c1cc(F)cc(C#N)c1. The molecule has 0 unspecified atom stereocenters. The summed E-state index contributed by atoms with van der Waals surface area (Å²) in [7, 11) is 3.87. The predicted octanol–water partition coefficient (Wildman–Crippen LogP) is 1.88. The molecule has 5 nitrogen and oxygen atoms in total. The Morgan fingerprint density at radius 1 is 1.39 bits per heavy atom. The predicted molar refractivity (Wildman–Crippen MR) is 84.5 cm³/mol. The first kappa shape index (κ1) is 17.4. The van der Waals surface area contributed by atoms with Crippen LogP contribution < -0.4 is 0 Å². The van der Waals surface area contributed by atoms with Crippen LogP contribution in [0.4, 0.5) is 4.39 Å². The molecule has 1 amide bonds. The molecule has 0 aliphatic carbocycles. The first-order chi connectivity index (χ1) is 11.0. The van der Waals surface area contributed by atoms with E-state index in [2.05, 4.69) is 0 Å². The van der Waals surface area contributed by atoms with Gasteiger partial charge in [0.05, 0.1) is 17.7 Å². The molecule has 0 saturated carbocycles. The van der Waals surface area contributed by atoms with Crippen LogP contribution in [0, 0.1) is 17.1 Å². The third kappa shape index (κ3) is 5.02. The van der Waals surface area contributed by atoms with E-state index in [9.17, 15) is 9.18 Å². The largest absolute Gasteiger partial charge is 0.376 e. The van der Waals surface area contributed by atoms with Crippen molar-refractivity contribution >= 4 is 5.91 Å². The molecule has 1 aliphatic rings. The maximum absolute atomic E-state index is 13.6. The number of likely N-dealkylation sites (N-methyl/N-ethyl adjacent to an activating group) is 1. The summed E-state index contributed by atoms with van der Waals surface area (Å²) < 4.78 is 19.2. The molecule has 1 aromatic rings. The van der Waals surface area contributed by atoms with E-state index < -0.39 is 5.82 Å². The van der Waals surface area contributed by atoms with Crippen molar-refractivity contribution in [2.45, 2.75) is 18.9 Å². The fourth-order valence-electron chi connectivity index (χ4n) is 2.59. The van der Waals surface area contributed by atoms with E-state index in [1.807, 2.05) is 25.1 Å². The van der Waals surface area contributed by atoms with E-state index >= 15 is 0 Å². The van der Waals surface area contributed by atoms with E-state index in [-0.39, 0.29) is 23.1 Å². The first-order valence-corrected chi connectivity index (χ1v) is 7.76. The number of hydrogen-bond acceptors (Lipinski definition) is 4. The van der Waals surface area contributed by atoms with Gasteiger partial charge >= 0.3 is 0 Å². The number of nitrogens with zero attached hydrogens (tertiary/aromatic N) is 3. The summed E-state index contributed by atoms with van der Waals surface area (Å²) in [6.45, 7) is 2.45. The highest BCUT2D eigenvalue weighted by Crippen LogP contribution is 2.16. The molecule has 0 radical (unpaired) electrons. The van der Waals surface area contributed by atoms with Crippen LogP contribution in [-0.4, -0.2) is 62.1 Å². The quantitative estimate of drug-likeness (QED) is 0.803. The van der Waals surface area contributed by atoms with E-state index in [4.69, 9.17) is 10.00 Å². The summed E-state index contributed by atoms with van der Waals surface area (Å²) in [6, 6.07) is 5.62. The van der Waals surface area contributed by atoms with Crippen LogP contribution in [0.2, 0.25) is 0 Å². The Bertz CT molecular complexity index is 592. The van der Waals surface area contributed by atoms with Crippen LogP contribution in [0.5, 0.6) is 0 Å². The van der Waals surface area contributed by atoms with Crippen molar-refractivity contribution in [3.8, 4) is 6.07 Å². The number of ether oxygens (including phenoxy) is 1. The molecule has 1 atom stereocenters. The maximum Gasteiger partial charge on any atom is 0.254 e. The van der Waals surface area contributed by atoms with Crippen molar-refractivity contribution in [2.24, 2.45) is 0 Å². The number of benzene rings is 1. The summed E-state index contributed by atoms with van der Waals surface area (Å²) >= 11 is 0. The summed E-state index contributed by atoms with van der Waals surface area (Å²) in [6.07, 6.45) is 1.96. The van der Waals surface area contributed by atoms with Crippen LogP contribution in [0.1, 0.15) is 28.8 Å². The third-order valence-electron chi connectivity index (χ3n) is 3.83. The molecule has 1 saturated heterocycles. The standard InChI is InChI=1S/C17H22FN3O2/c1-20(2)5-6-21(12-16-4-3-7-23-16)17(22)14-8-13(11-19)9-15(18)10-14/h8-10,16H,3-7,12H2,1-2H3/t16-/m1/s1. The molecule has 0 spiro atoms. The molecular weight excluding hydrogens is 297 g/mol. The molecule has 2 rings (SSSR count). The minimum Gasteiger partial charge on any atom is -0.376 e. The van der Waals surface area contributed by atoms with Crippen LogP contribution in [0.25, 0.3) is 0 Å². The Balaban J connectivity index is 2.17. The molecule has 1 aromatic carbocycles. The van der Waals surface area contributed by atoms with Crippen LogP contribution in [0.3, 0.4) is 0 Å². The third-order valence-corrected chi connectivity index (χ3v) is 3.83. The number of nitriles is 1. The van der Waals surface area contributed by atoms with E-state index in [0.717, 1.165) is 25.5 Å². The molecule has 0 aromatic heterocycles. The minimum atomic E-state index is -0.572. The van der Waals surface area contributed by atoms with Crippen molar-refractivity contribution in [3.05, 3.63) is 35.1 Å². The number of carbonyl (C=O) groups is 1. The van der Waals surface area contributed by atoms with Gasteiger partial charge in [0.2, 0.25) is 0 Å². The molecule has 1 fully saturated rings. The summed E-state index contributed by atoms with van der Waals surface area (Å²) in [5.41, 5.74) is 0.358. The van der Waals surface area contributed by atoms with Gasteiger partial charge in [0, 0.05) is 31.8 Å². The van der Waals surface area contributed by atoms with Gasteiger partial charge in [-0.1, -0.05) is 0 Å². The smallest absolute Gasteiger partial charge is 0.254 e. The highest BCUT2D eigenvalue weighted by molar-refractivity contribution is 5.94. The van der Waals surface area contributed by atoms with Gasteiger partial charge in [0.15, 0.2) is 0 Å². The van der Waals surface area contributed by atoms with Gasteiger partial charge in [-0.15, -0.1) is 0 Å². The number of halogens is 1. The van der Waals surface area contributed by atoms with Gasteiger partial charge < -0.3 is 14.5 Å². The van der Waals surface area contributed by atoms with Crippen molar-refractivity contribution < 1.29 is 13.9 Å². The second kappa shape index (κ2) is 8.04. The molecule has 23 heavy (non-hydrogen) atoms. The molecular formula is C17H22FN3O2. The van der Waals surface area contributed by atoms with E-state index in [0.29, 0.717) is 19.6 Å². The zero-order valence-corrected chi connectivity index (χ0v) is 13.6. The lowest BCUT2D eigenvalue weighted by Crippen LogP contribution is -2.41. The van der Waals surface area contributed by atoms with E-state index in [1.165, 1.54) is 12.1 Å². The molecule has 0 N–H and O–H groups in total. The minimum absolute atomic E-state index is 0.0325. The van der Waals surface area contributed by atoms with Crippen molar-refractivity contribution in [2.75, 3.05) is 40.3 Å². The lowest BCUT2D eigenvalue weighted by molar-refractivity contribution is 0.0512.